The van der Waals surface area contributed by atoms with E-state index in [-0.39, 0.29) is 23.1 Å². The molecular weight excluding hydrogens is 472 g/mol. The zero-order valence-corrected chi connectivity index (χ0v) is 20.2. The number of benzene rings is 1. The molecule has 0 atom stereocenters. The zero-order valence-electron chi connectivity index (χ0n) is 20.2. The van der Waals surface area contributed by atoms with Gasteiger partial charge in [-0.3, -0.25) is 4.79 Å². The van der Waals surface area contributed by atoms with Crippen molar-refractivity contribution in [1.29, 1.82) is 0 Å². The summed E-state index contributed by atoms with van der Waals surface area (Å²) in [4.78, 5) is 17.1. The molecule has 11 heteroatoms. The van der Waals surface area contributed by atoms with E-state index in [1.807, 2.05) is 32.2 Å². The van der Waals surface area contributed by atoms with Crippen LogP contribution in [0.4, 0.5) is 8.78 Å². The summed E-state index contributed by atoms with van der Waals surface area (Å²) < 4.78 is 43.5. The van der Waals surface area contributed by atoms with E-state index in [4.69, 9.17) is 14.0 Å². The van der Waals surface area contributed by atoms with Crippen molar-refractivity contribution in [2.75, 3.05) is 7.11 Å². The lowest BCUT2D eigenvalue weighted by atomic mass is 9.85. The van der Waals surface area contributed by atoms with Gasteiger partial charge in [0.2, 0.25) is 5.89 Å². The van der Waals surface area contributed by atoms with E-state index >= 15 is 0 Å². The number of aromatic nitrogens is 4. The maximum atomic E-state index is 13.3. The van der Waals surface area contributed by atoms with Crippen molar-refractivity contribution in [3.8, 4) is 22.6 Å². The van der Waals surface area contributed by atoms with Crippen LogP contribution in [0, 0.1) is 6.92 Å². The first kappa shape index (κ1) is 23.7. The second kappa shape index (κ2) is 8.89. The van der Waals surface area contributed by atoms with Gasteiger partial charge in [0, 0.05) is 24.7 Å². The molecule has 3 heterocycles. The number of ether oxygens (including phenoxy) is 2. The summed E-state index contributed by atoms with van der Waals surface area (Å²) in [5.74, 6) is 0.379. The molecule has 1 aliphatic carbocycles. The minimum atomic E-state index is -3.11. The molecule has 0 saturated heterocycles. The third-order valence-corrected chi connectivity index (χ3v) is 6.28. The molecule has 1 fully saturated rings. The molecule has 0 spiro atoms. The first-order chi connectivity index (χ1) is 17.2. The van der Waals surface area contributed by atoms with Crippen LogP contribution in [-0.4, -0.2) is 45.4 Å². The summed E-state index contributed by atoms with van der Waals surface area (Å²) in [5.41, 5.74) is 2.18. The summed E-state index contributed by atoms with van der Waals surface area (Å²) >= 11 is 0. The molecule has 0 unspecified atom stereocenters. The maximum absolute atomic E-state index is 13.3. The largest absolute Gasteiger partial charge is 0.496 e. The molecule has 1 N–H and O–H groups in total. The highest BCUT2D eigenvalue weighted by Gasteiger charge is 2.31. The van der Waals surface area contributed by atoms with Crippen LogP contribution in [-0.2, 0) is 5.41 Å². The van der Waals surface area contributed by atoms with E-state index in [0.717, 1.165) is 23.9 Å². The molecule has 1 aromatic carbocycles. The predicted molar refractivity (Wildman–Crippen MR) is 125 cm³/mol. The molecule has 3 aromatic heterocycles. The van der Waals surface area contributed by atoms with E-state index in [1.165, 1.54) is 13.2 Å². The van der Waals surface area contributed by atoms with Crippen LogP contribution >= 0.6 is 0 Å². The van der Waals surface area contributed by atoms with Crippen molar-refractivity contribution in [2.24, 2.45) is 0 Å². The van der Waals surface area contributed by atoms with E-state index in [9.17, 15) is 13.6 Å². The molecule has 188 valence electrons. The highest BCUT2D eigenvalue weighted by atomic mass is 19.3. The van der Waals surface area contributed by atoms with Crippen molar-refractivity contribution in [3.05, 3.63) is 59.5 Å². The molecule has 0 radical (unpaired) electrons. The van der Waals surface area contributed by atoms with Gasteiger partial charge in [-0.25, -0.2) is 4.52 Å². The van der Waals surface area contributed by atoms with Crippen molar-refractivity contribution < 1.29 is 27.6 Å². The van der Waals surface area contributed by atoms with Gasteiger partial charge in [-0.15, -0.1) is 0 Å². The molecule has 5 rings (SSSR count). The van der Waals surface area contributed by atoms with Crippen molar-refractivity contribution in [2.45, 2.75) is 51.7 Å². The topological polar surface area (TPSA) is 104 Å². The Morgan fingerprint density at radius 1 is 1.25 bits per heavy atom. The fraction of sp³-hybridized carbons (Fsp3) is 0.360. The summed E-state index contributed by atoms with van der Waals surface area (Å²) in [6, 6.07) is 6.87. The molecular formula is C25H25F2N5O4. The van der Waals surface area contributed by atoms with Crippen molar-refractivity contribution >= 4 is 11.4 Å². The zero-order chi connectivity index (χ0) is 25.6. The summed E-state index contributed by atoms with van der Waals surface area (Å²) in [7, 11) is 1.38. The van der Waals surface area contributed by atoms with E-state index in [2.05, 4.69) is 20.6 Å². The Kier molecular flexibility index (Phi) is 5.85. The Bertz CT molecular complexity index is 1440. The average molecular weight is 498 g/mol. The number of hydrogen-bond acceptors (Lipinski definition) is 7. The number of pyridine rings is 1. The fourth-order valence-electron chi connectivity index (χ4n) is 4.06. The van der Waals surface area contributed by atoms with E-state index < -0.39 is 17.9 Å². The number of amides is 1. The standard InChI is InChI=1S/C25H25F2N5O4/c1-13-29-23(31-36-13)25(2,3)15-5-8-18-17(11-28-32(18)12-15)14-9-19(34-4)21(20(10-14)35-24(26)27)22(33)30-16-6-7-16/h5,8-12,16,24H,6-7H2,1-4H3,(H,30,33). The second-order valence-electron chi connectivity index (χ2n) is 9.25. The van der Waals surface area contributed by atoms with Crippen LogP contribution in [0.3, 0.4) is 0 Å². The number of nitrogens with one attached hydrogen (secondary N) is 1. The van der Waals surface area contributed by atoms with Crippen LogP contribution in [0.2, 0.25) is 0 Å². The maximum Gasteiger partial charge on any atom is 0.387 e. The number of rotatable bonds is 8. The summed E-state index contributed by atoms with van der Waals surface area (Å²) in [6.07, 6.45) is 5.18. The summed E-state index contributed by atoms with van der Waals surface area (Å²) in [6.45, 7) is 2.58. The highest BCUT2D eigenvalue weighted by Crippen LogP contribution is 2.38. The molecule has 0 aliphatic heterocycles. The Hall–Kier alpha value is -4.02. The Morgan fingerprint density at radius 3 is 2.64 bits per heavy atom. The number of carbonyl (C=O) groups excluding carboxylic acids is 1. The van der Waals surface area contributed by atoms with Crippen molar-refractivity contribution in [1.82, 2.24) is 25.1 Å². The van der Waals surface area contributed by atoms with Gasteiger partial charge in [0.15, 0.2) is 5.82 Å². The minimum Gasteiger partial charge on any atom is -0.496 e. The Labute approximate surface area is 205 Å². The number of alkyl halides is 2. The number of halogens is 2. The third-order valence-electron chi connectivity index (χ3n) is 6.28. The number of carbonyl (C=O) groups is 1. The monoisotopic (exact) mass is 497 g/mol. The summed E-state index contributed by atoms with van der Waals surface area (Å²) in [5, 5.41) is 11.3. The third kappa shape index (κ3) is 4.36. The van der Waals surface area contributed by atoms with Gasteiger partial charge in [0.1, 0.15) is 17.1 Å². The molecule has 1 amide bonds. The smallest absolute Gasteiger partial charge is 0.387 e. The predicted octanol–water partition coefficient (Wildman–Crippen LogP) is 4.52. The SMILES string of the molecule is COc1cc(-c2cnn3cc(C(C)(C)c4noc(C)n4)ccc23)cc(OC(F)F)c1C(=O)NC1CC1. The highest BCUT2D eigenvalue weighted by molar-refractivity contribution is 6.01. The number of nitrogens with zero attached hydrogens (tertiary/aromatic N) is 4. The number of aryl methyl sites for hydroxylation is 1. The average Bonchev–Trinajstić information content (AvgIpc) is 3.36. The van der Waals surface area contributed by atoms with Gasteiger partial charge >= 0.3 is 6.61 Å². The van der Waals surface area contributed by atoms with Gasteiger partial charge in [-0.2, -0.15) is 18.9 Å². The van der Waals surface area contributed by atoms with Crippen LogP contribution < -0.4 is 14.8 Å². The van der Waals surface area contributed by atoms with Gasteiger partial charge in [0.25, 0.3) is 5.91 Å². The lowest BCUT2D eigenvalue weighted by Crippen LogP contribution is -2.26. The molecule has 1 saturated carbocycles. The first-order valence-electron chi connectivity index (χ1n) is 11.4. The lowest BCUT2D eigenvalue weighted by Gasteiger charge is -2.21. The van der Waals surface area contributed by atoms with Gasteiger partial charge in [-0.05, 0) is 56.0 Å². The van der Waals surface area contributed by atoms with Crippen LogP contribution in [0.15, 0.2) is 41.2 Å². The van der Waals surface area contributed by atoms with E-state index in [0.29, 0.717) is 22.8 Å². The fourth-order valence-corrected chi connectivity index (χ4v) is 4.06. The van der Waals surface area contributed by atoms with Crippen LogP contribution in [0.25, 0.3) is 16.6 Å². The quantitative estimate of drug-likeness (QED) is 0.382. The molecule has 36 heavy (non-hydrogen) atoms. The number of fused-ring (bicyclic) bond motifs is 1. The molecule has 9 nitrogen and oxygen atoms in total. The second-order valence-corrected chi connectivity index (χ2v) is 9.25. The van der Waals surface area contributed by atoms with Crippen LogP contribution in [0.1, 0.15) is 54.3 Å². The van der Waals surface area contributed by atoms with Crippen molar-refractivity contribution in [3.63, 3.8) is 0 Å². The lowest BCUT2D eigenvalue weighted by molar-refractivity contribution is -0.0502. The van der Waals surface area contributed by atoms with E-state index in [1.54, 1.807) is 23.7 Å². The minimum absolute atomic E-state index is 0.0377. The van der Waals surface area contributed by atoms with Gasteiger partial charge in [-0.1, -0.05) is 11.2 Å². The molecule has 0 bridgehead atoms. The first-order valence-corrected chi connectivity index (χ1v) is 11.4. The normalized spacial score (nSPS) is 13.9. The van der Waals surface area contributed by atoms with Gasteiger partial charge in [0.05, 0.1) is 24.2 Å². The number of methoxy groups -OCH3 is 1. The molecule has 1 aliphatic rings. The van der Waals surface area contributed by atoms with Gasteiger partial charge < -0.3 is 19.3 Å². The Balaban J connectivity index is 1.57. The number of hydrogen-bond donors (Lipinski definition) is 1. The Morgan fingerprint density at radius 2 is 2.00 bits per heavy atom. The van der Waals surface area contributed by atoms with Crippen LogP contribution in [0.5, 0.6) is 11.5 Å². The molecule has 4 aromatic rings.